The van der Waals surface area contributed by atoms with Crippen molar-refractivity contribution in [1.29, 1.82) is 0 Å². The Kier molecular flexibility index (Phi) is 6.69. The third-order valence-electron chi connectivity index (χ3n) is 5.71. The van der Waals surface area contributed by atoms with Crippen LogP contribution < -0.4 is 9.46 Å². The lowest BCUT2D eigenvalue weighted by molar-refractivity contribution is 0.0711. The van der Waals surface area contributed by atoms with Crippen molar-refractivity contribution in [3.63, 3.8) is 0 Å². The number of carbonyl (C=O) groups excluding carboxylic acids is 1. The molecule has 1 heterocycles. The number of rotatable bonds is 6. The second-order valence-corrected chi connectivity index (χ2v) is 9.49. The van der Waals surface area contributed by atoms with Crippen molar-refractivity contribution in [2.45, 2.75) is 23.8 Å². The minimum atomic E-state index is -3.55. The van der Waals surface area contributed by atoms with E-state index in [0.29, 0.717) is 31.5 Å². The van der Waals surface area contributed by atoms with Gasteiger partial charge in [-0.15, -0.1) is 4.72 Å². The molecule has 6 nitrogen and oxygen atoms in total. The summed E-state index contributed by atoms with van der Waals surface area (Å²) in [5, 5.41) is 0. The summed E-state index contributed by atoms with van der Waals surface area (Å²) < 4.78 is 33.3. The number of para-hydroxylation sites is 1. The highest BCUT2D eigenvalue weighted by Crippen LogP contribution is 2.30. The van der Waals surface area contributed by atoms with E-state index in [9.17, 15) is 13.6 Å². The number of sulfonamides is 1. The third kappa shape index (κ3) is 4.91. The molecule has 3 aromatic rings. The Morgan fingerprint density at radius 2 is 1.59 bits per heavy atom. The van der Waals surface area contributed by atoms with Gasteiger partial charge in [0.2, 0.25) is 0 Å². The number of likely N-dealkylation sites (tertiary alicyclic amines) is 1. The van der Waals surface area contributed by atoms with Crippen LogP contribution in [0.3, 0.4) is 0 Å². The van der Waals surface area contributed by atoms with Crippen LogP contribution in [0.4, 0.5) is 0 Å². The van der Waals surface area contributed by atoms with Crippen LogP contribution in [0.2, 0.25) is 0 Å². The SMILES string of the molecule is COc1ccccc1-c1ccc(C(=O)N2CCC(N[S+](=O)([O-])c3ccccc3)CC2)cc1. The molecular weight excluding hydrogens is 424 g/mol. The molecule has 0 aliphatic carbocycles. The topological polar surface area (TPSA) is 81.7 Å². The van der Waals surface area contributed by atoms with Gasteiger partial charge >= 0.3 is 0 Å². The Morgan fingerprint density at radius 1 is 0.969 bits per heavy atom. The maximum absolute atomic E-state index is 12.9. The van der Waals surface area contributed by atoms with Gasteiger partial charge in [0, 0.05) is 24.2 Å². The zero-order chi connectivity index (χ0) is 22.6. The first-order valence-electron chi connectivity index (χ1n) is 10.6. The molecule has 1 amide bonds. The summed E-state index contributed by atoms with van der Waals surface area (Å²) in [7, 11) is -1.91. The summed E-state index contributed by atoms with van der Waals surface area (Å²) in [5.41, 5.74) is 2.57. The zero-order valence-electron chi connectivity index (χ0n) is 17.9. The number of ether oxygens (including phenoxy) is 1. The molecule has 0 radical (unpaired) electrons. The first kappa shape index (κ1) is 22.2. The predicted molar refractivity (Wildman–Crippen MR) is 124 cm³/mol. The van der Waals surface area contributed by atoms with Gasteiger partial charge in [0.15, 0.2) is 15.3 Å². The lowest BCUT2D eigenvalue weighted by Gasteiger charge is -2.33. The van der Waals surface area contributed by atoms with Crippen LogP contribution in [-0.2, 0) is 14.6 Å². The molecule has 166 valence electrons. The smallest absolute Gasteiger partial charge is 0.253 e. The normalized spacial score (nSPS) is 16.4. The van der Waals surface area contributed by atoms with Crippen molar-refractivity contribution < 1.29 is 18.3 Å². The van der Waals surface area contributed by atoms with Crippen molar-refractivity contribution in [3.8, 4) is 16.9 Å². The molecule has 0 aromatic heterocycles. The minimum absolute atomic E-state index is 0.0408. The summed E-state index contributed by atoms with van der Waals surface area (Å²) in [5.74, 6) is 0.743. The highest BCUT2D eigenvalue weighted by molar-refractivity contribution is 7.95. The maximum Gasteiger partial charge on any atom is 0.253 e. The van der Waals surface area contributed by atoms with E-state index in [4.69, 9.17) is 4.74 Å². The van der Waals surface area contributed by atoms with E-state index in [2.05, 4.69) is 4.72 Å². The second kappa shape index (κ2) is 9.65. The van der Waals surface area contributed by atoms with Gasteiger partial charge in [-0.25, -0.2) is 0 Å². The molecule has 0 spiro atoms. The molecule has 3 aromatic carbocycles. The highest BCUT2D eigenvalue weighted by Gasteiger charge is 2.29. The zero-order valence-corrected chi connectivity index (χ0v) is 18.7. The molecule has 0 saturated carbocycles. The highest BCUT2D eigenvalue weighted by atomic mass is 32.3. The number of nitrogens with zero attached hydrogens (tertiary/aromatic N) is 1. The van der Waals surface area contributed by atoms with Crippen molar-refractivity contribution in [3.05, 3.63) is 84.4 Å². The molecule has 1 N–H and O–H groups in total. The molecule has 1 saturated heterocycles. The standard InChI is InChI=1S/C25H26N2O4S/c1-31-24-10-6-5-9-23(24)19-11-13-20(14-12-19)25(28)27-17-15-21(16-18-27)26-32(29,30)22-7-3-2-4-8-22/h2-14,21H,15-18H2,1H3,(H-,26,29,30). The van der Waals surface area contributed by atoms with Crippen LogP contribution >= 0.6 is 0 Å². The van der Waals surface area contributed by atoms with Crippen LogP contribution in [0.1, 0.15) is 23.2 Å². The fourth-order valence-corrected chi connectivity index (χ4v) is 5.27. The molecule has 1 aliphatic rings. The van der Waals surface area contributed by atoms with Crippen LogP contribution in [0, 0.1) is 0 Å². The van der Waals surface area contributed by atoms with E-state index in [1.54, 1.807) is 42.3 Å². The minimum Gasteiger partial charge on any atom is -0.593 e. The van der Waals surface area contributed by atoms with Gasteiger partial charge in [-0.3, -0.25) is 4.79 Å². The van der Waals surface area contributed by atoms with Crippen molar-refractivity contribution in [1.82, 2.24) is 9.62 Å². The Morgan fingerprint density at radius 3 is 2.25 bits per heavy atom. The average molecular weight is 451 g/mol. The molecule has 32 heavy (non-hydrogen) atoms. The van der Waals surface area contributed by atoms with Crippen LogP contribution in [0.5, 0.6) is 5.75 Å². The van der Waals surface area contributed by atoms with E-state index < -0.39 is 10.4 Å². The van der Waals surface area contributed by atoms with E-state index in [1.165, 1.54) is 0 Å². The average Bonchev–Trinajstić information content (AvgIpc) is 2.84. The molecule has 4 rings (SSSR count). The third-order valence-corrected chi connectivity index (χ3v) is 7.24. The number of amides is 1. The number of nitrogens with one attached hydrogen (secondary N) is 1. The maximum atomic E-state index is 12.9. The van der Waals surface area contributed by atoms with Gasteiger partial charge in [0.05, 0.1) is 13.2 Å². The first-order valence-corrected chi connectivity index (χ1v) is 12.1. The monoisotopic (exact) mass is 450 g/mol. The van der Waals surface area contributed by atoms with Gasteiger partial charge in [-0.1, -0.05) is 52.7 Å². The molecule has 1 atom stereocenters. The summed E-state index contributed by atoms with van der Waals surface area (Å²) in [6.45, 7) is 1.02. The van der Waals surface area contributed by atoms with Gasteiger partial charge in [0.25, 0.3) is 5.91 Å². The van der Waals surface area contributed by atoms with Gasteiger partial charge in [0.1, 0.15) is 5.75 Å². The molecular formula is C25H26N2O4S. The molecule has 1 unspecified atom stereocenters. The molecule has 0 bridgehead atoms. The number of hydrogen-bond acceptors (Lipinski definition) is 4. The van der Waals surface area contributed by atoms with Gasteiger partial charge < -0.3 is 14.2 Å². The van der Waals surface area contributed by atoms with Crippen LogP contribution in [-0.4, -0.2) is 41.6 Å². The Bertz CT molecular complexity index is 1110. The molecule has 1 aliphatic heterocycles. The summed E-state index contributed by atoms with van der Waals surface area (Å²) in [6, 6.07) is 23.4. The first-order chi connectivity index (χ1) is 15.5. The lowest BCUT2D eigenvalue weighted by atomic mass is 10.0. The Labute approximate surface area is 189 Å². The lowest BCUT2D eigenvalue weighted by Crippen LogP contribution is -2.48. The summed E-state index contributed by atoms with van der Waals surface area (Å²) >= 11 is 0. The summed E-state index contributed by atoms with van der Waals surface area (Å²) in [6.07, 6.45) is 1.16. The van der Waals surface area contributed by atoms with E-state index in [-0.39, 0.29) is 16.8 Å². The largest absolute Gasteiger partial charge is 0.593 e. The number of hydrogen-bond donors (Lipinski definition) is 1. The van der Waals surface area contributed by atoms with Gasteiger partial charge in [-0.2, -0.15) is 0 Å². The second-order valence-electron chi connectivity index (χ2n) is 7.78. The van der Waals surface area contributed by atoms with Crippen molar-refractivity contribution in [2.75, 3.05) is 20.2 Å². The molecule has 1 fully saturated rings. The quantitative estimate of drug-likeness (QED) is 0.572. The summed E-state index contributed by atoms with van der Waals surface area (Å²) in [4.78, 5) is 15.0. The van der Waals surface area contributed by atoms with E-state index in [1.807, 2.05) is 48.5 Å². The predicted octanol–water partition coefficient (Wildman–Crippen LogP) is 4.16. The van der Waals surface area contributed by atoms with Crippen LogP contribution in [0.15, 0.2) is 83.8 Å². The fraction of sp³-hybridized carbons (Fsp3) is 0.240. The Balaban J connectivity index is 1.37. The number of carbonyl (C=O) groups is 1. The number of piperidine rings is 1. The number of methoxy groups -OCH3 is 1. The van der Waals surface area contributed by atoms with Gasteiger partial charge in [-0.05, 0) is 48.7 Å². The van der Waals surface area contributed by atoms with Crippen molar-refractivity contribution in [2.24, 2.45) is 0 Å². The Hall–Kier alpha value is -3.00. The van der Waals surface area contributed by atoms with Crippen molar-refractivity contribution >= 4 is 16.3 Å². The number of benzene rings is 3. The van der Waals surface area contributed by atoms with E-state index in [0.717, 1.165) is 16.9 Å². The molecule has 7 heteroatoms. The van der Waals surface area contributed by atoms with E-state index >= 15 is 0 Å². The fourth-order valence-electron chi connectivity index (χ4n) is 3.95. The van der Waals surface area contributed by atoms with Crippen LogP contribution in [0.25, 0.3) is 11.1 Å².